The minimum absolute atomic E-state index is 0.00389. The van der Waals surface area contributed by atoms with Crippen molar-refractivity contribution < 1.29 is 13.9 Å². The second-order valence-electron chi connectivity index (χ2n) is 2.90. The lowest BCUT2D eigenvalue weighted by Crippen LogP contribution is -2.12. The largest absolute Gasteiger partial charge is 0.396 e. The van der Waals surface area contributed by atoms with E-state index in [1.54, 1.807) is 6.92 Å². The first-order chi connectivity index (χ1) is 4.45. The lowest BCUT2D eigenvalue weighted by molar-refractivity contribution is 0.00512. The molecule has 0 aliphatic carbocycles. The third kappa shape index (κ3) is 5.95. The molecule has 1 N–H and O–H groups in total. The molecule has 0 heterocycles. The van der Waals surface area contributed by atoms with Gasteiger partial charge >= 0.3 is 0 Å². The first kappa shape index (κ1) is 9.82. The number of halogens is 2. The summed E-state index contributed by atoms with van der Waals surface area (Å²) in [6.07, 6.45) is 0.259. The Kier molecular flexibility index (Phi) is 3.79. The normalized spacial score (nSPS) is 15.3. The molecule has 0 aliphatic heterocycles. The Bertz CT molecular complexity index is 88.1. The Morgan fingerprint density at radius 1 is 1.50 bits per heavy atom. The van der Waals surface area contributed by atoms with Crippen LogP contribution in [-0.4, -0.2) is 17.6 Å². The van der Waals surface area contributed by atoms with Crippen molar-refractivity contribution in [1.82, 2.24) is 0 Å². The second kappa shape index (κ2) is 3.86. The fourth-order valence-corrected chi connectivity index (χ4v) is 0.591. The van der Waals surface area contributed by atoms with Gasteiger partial charge in [0.1, 0.15) is 0 Å². The summed E-state index contributed by atoms with van der Waals surface area (Å²) in [6.45, 7) is 2.65. The molecule has 0 aromatic rings. The van der Waals surface area contributed by atoms with Crippen molar-refractivity contribution in [2.45, 2.75) is 32.6 Å². The Morgan fingerprint density at radius 3 is 2.30 bits per heavy atom. The summed E-state index contributed by atoms with van der Waals surface area (Å²) < 4.78 is 24.3. The van der Waals surface area contributed by atoms with Gasteiger partial charge in [-0.05, 0) is 19.3 Å². The van der Waals surface area contributed by atoms with Crippen molar-refractivity contribution >= 4 is 0 Å². The van der Waals surface area contributed by atoms with Crippen LogP contribution in [0.4, 0.5) is 8.78 Å². The van der Waals surface area contributed by atoms with E-state index in [-0.39, 0.29) is 18.9 Å². The van der Waals surface area contributed by atoms with Gasteiger partial charge in [0.2, 0.25) is 5.92 Å². The molecule has 0 spiro atoms. The molecule has 1 atom stereocenters. The van der Waals surface area contributed by atoms with Crippen LogP contribution in [0.2, 0.25) is 0 Å². The van der Waals surface area contributed by atoms with Crippen molar-refractivity contribution in [3.63, 3.8) is 0 Å². The highest BCUT2D eigenvalue weighted by Crippen LogP contribution is 2.21. The number of aliphatic hydroxyl groups excluding tert-OH is 1. The molecule has 0 saturated heterocycles. The average molecular weight is 152 g/mol. The molecule has 10 heavy (non-hydrogen) atoms. The van der Waals surface area contributed by atoms with Crippen LogP contribution in [-0.2, 0) is 0 Å². The minimum Gasteiger partial charge on any atom is -0.396 e. The standard InChI is InChI=1S/C7H14F2O/c1-6(5-10)3-4-7(2,8)9/h6,10H,3-5H2,1-2H3. The van der Waals surface area contributed by atoms with Crippen molar-refractivity contribution in [2.75, 3.05) is 6.61 Å². The van der Waals surface area contributed by atoms with Crippen molar-refractivity contribution in [3.8, 4) is 0 Å². The number of aliphatic hydroxyl groups is 1. The van der Waals surface area contributed by atoms with E-state index in [0.29, 0.717) is 6.42 Å². The van der Waals surface area contributed by atoms with Gasteiger partial charge in [-0.1, -0.05) is 6.92 Å². The topological polar surface area (TPSA) is 20.2 Å². The van der Waals surface area contributed by atoms with Crippen molar-refractivity contribution in [1.29, 1.82) is 0 Å². The molecule has 1 unspecified atom stereocenters. The molecule has 62 valence electrons. The maximum atomic E-state index is 12.1. The molecular weight excluding hydrogens is 138 g/mol. The zero-order valence-electron chi connectivity index (χ0n) is 6.40. The van der Waals surface area contributed by atoms with Crippen LogP contribution in [0.25, 0.3) is 0 Å². The molecule has 0 bridgehead atoms. The molecule has 1 nitrogen and oxygen atoms in total. The first-order valence-electron chi connectivity index (χ1n) is 3.44. The quantitative estimate of drug-likeness (QED) is 0.653. The predicted octanol–water partition coefficient (Wildman–Crippen LogP) is 2.05. The average Bonchev–Trinajstić information content (AvgIpc) is 1.81. The number of hydrogen-bond acceptors (Lipinski definition) is 1. The summed E-state index contributed by atoms with van der Waals surface area (Å²) in [5, 5.41) is 8.49. The van der Waals surface area contributed by atoms with Gasteiger partial charge in [-0.25, -0.2) is 8.78 Å². The van der Waals surface area contributed by atoms with E-state index >= 15 is 0 Å². The summed E-state index contributed by atoms with van der Waals surface area (Å²) in [5.41, 5.74) is 0. The van der Waals surface area contributed by atoms with Gasteiger partial charge in [0.05, 0.1) is 0 Å². The van der Waals surface area contributed by atoms with E-state index < -0.39 is 5.92 Å². The molecule has 0 aromatic carbocycles. The molecular formula is C7H14F2O. The maximum absolute atomic E-state index is 12.1. The Labute approximate surface area is 60.1 Å². The zero-order chi connectivity index (χ0) is 8.20. The molecule has 0 fully saturated rings. The summed E-state index contributed by atoms with van der Waals surface area (Å²) in [6, 6.07) is 0. The van der Waals surface area contributed by atoms with Crippen LogP contribution in [0.1, 0.15) is 26.7 Å². The zero-order valence-corrected chi connectivity index (χ0v) is 6.40. The third-order valence-electron chi connectivity index (χ3n) is 1.39. The van der Waals surface area contributed by atoms with Gasteiger partial charge in [-0.3, -0.25) is 0 Å². The van der Waals surface area contributed by atoms with Crippen LogP contribution < -0.4 is 0 Å². The van der Waals surface area contributed by atoms with Gasteiger partial charge < -0.3 is 5.11 Å². The van der Waals surface area contributed by atoms with E-state index in [4.69, 9.17) is 5.11 Å². The SMILES string of the molecule is CC(CO)CCC(C)(F)F. The smallest absolute Gasteiger partial charge is 0.245 e. The van der Waals surface area contributed by atoms with Crippen LogP contribution in [0.3, 0.4) is 0 Å². The van der Waals surface area contributed by atoms with Crippen LogP contribution in [0, 0.1) is 5.92 Å². The highest BCUT2D eigenvalue weighted by atomic mass is 19.3. The summed E-state index contributed by atoms with van der Waals surface area (Å²) in [4.78, 5) is 0. The predicted molar refractivity (Wildman–Crippen MR) is 36.1 cm³/mol. The number of hydrogen-bond donors (Lipinski definition) is 1. The van der Waals surface area contributed by atoms with E-state index in [1.807, 2.05) is 0 Å². The Balaban J connectivity index is 3.36. The van der Waals surface area contributed by atoms with Gasteiger partial charge in [-0.2, -0.15) is 0 Å². The van der Waals surface area contributed by atoms with Crippen LogP contribution >= 0.6 is 0 Å². The Hall–Kier alpha value is -0.180. The van der Waals surface area contributed by atoms with E-state index in [1.165, 1.54) is 0 Å². The molecule has 0 aliphatic rings. The highest BCUT2D eigenvalue weighted by molar-refractivity contribution is 4.60. The molecule has 0 amide bonds. The lowest BCUT2D eigenvalue weighted by Gasteiger charge is -2.12. The maximum Gasteiger partial charge on any atom is 0.245 e. The molecule has 0 aromatic heterocycles. The summed E-state index contributed by atoms with van der Waals surface area (Å²) in [5.74, 6) is -2.59. The van der Waals surface area contributed by atoms with Crippen LogP contribution in [0.15, 0.2) is 0 Å². The molecule has 0 saturated carbocycles. The third-order valence-corrected chi connectivity index (χ3v) is 1.39. The minimum atomic E-state index is -2.58. The second-order valence-corrected chi connectivity index (χ2v) is 2.90. The number of rotatable bonds is 4. The highest BCUT2D eigenvalue weighted by Gasteiger charge is 2.21. The van der Waals surface area contributed by atoms with Crippen molar-refractivity contribution in [3.05, 3.63) is 0 Å². The van der Waals surface area contributed by atoms with Gasteiger partial charge in [0.15, 0.2) is 0 Å². The number of alkyl halides is 2. The van der Waals surface area contributed by atoms with E-state index in [9.17, 15) is 8.78 Å². The van der Waals surface area contributed by atoms with Gasteiger partial charge in [0, 0.05) is 13.0 Å². The fraction of sp³-hybridized carbons (Fsp3) is 1.00. The fourth-order valence-electron chi connectivity index (χ4n) is 0.591. The summed E-state index contributed by atoms with van der Waals surface area (Å²) >= 11 is 0. The molecule has 0 rings (SSSR count). The summed E-state index contributed by atoms with van der Waals surface area (Å²) in [7, 11) is 0. The Morgan fingerprint density at radius 2 is 2.00 bits per heavy atom. The molecule has 3 heteroatoms. The van der Waals surface area contributed by atoms with Gasteiger partial charge in [-0.15, -0.1) is 0 Å². The van der Waals surface area contributed by atoms with Crippen molar-refractivity contribution in [2.24, 2.45) is 5.92 Å². The molecule has 0 radical (unpaired) electrons. The monoisotopic (exact) mass is 152 g/mol. The van der Waals surface area contributed by atoms with E-state index in [2.05, 4.69) is 0 Å². The lowest BCUT2D eigenvalue weighted by atomic mass is 10.0. The van der Waals surface area contributed by atoms with E-state index in [0.717, 1.165) is 6.92 Å². The first-order valence-corrected chi connectivity index (χ1v) is 3.44. The van der Waals surface area contributed by atoms with Crippen LogP contribution in [0.5, 0.6) is 0 Å². The van der Waals surface area contributed by atoms with Gasteiger partial charge in [0.25, 0.3) is 0 Å².